The van der Waals surface area contributed by atoms with Crippen LogP contribution < -0.4 is 14.9 Å². The molecule has 0 aromatic carbocycles. The number of nitrogens with one attached hydrogen (secondary N) is 1. The van der Waals surface area contributed by atoms with Gasteiger partial charge in [-0.25, -0.2) is 0 Å². The maximum Gasteiger partial charge on any atom is 0.238 e. The summed E-state index contributed by atoms with van der Waals surface area (Å²) in [6.07, 6.45) is 4.24. The number of hydrogen-bond donors (Lipinski definition) is 5. The van der Waals surface area contributed by atoms with E-state index in [0.717, 1.165) is 28.8 Å². The monoisotopic (exact) mass is 577 g/mol. The minimum absolute atomic E-state index is 0.121. The molecule has 0 radical (unpaired) electrons. The Bertz CT molecular complexity index is 1180. The van der Waals surface area contributed by atoms with Gasteiger partial charge in [-0.2, -0.15) is 0 Å². The van der Waals surface area contributed by atoms with Gasteiger partial charge in [0, 0.05) is 23.6 Å². The summed E-state index contributed by atoms with van der Waals surface area (Å²) < 4.78 is 22.1. The van der Waals surface area contributed by atoms with Crippen LogP contribution in [0.25, 0.3) is 0 Å². The molecule has 230 valence electrons. The normalized spacial score (nSPS) is 25.9. The number of rotatable bonds is 13. The van der Waals surface area contributed by atoms with Crippen LogP contribution >= 0.6 is 0 Å². The van der Waals surface area contributed by atoms with Crippen LogP contribution in [0.3, 0.4) is 0 Å². The first-order valence-corrected chi connectivity index (χ1v) is 13.8. The number of methoxy groups -OCH3 is 2. The van der Waals surface area contributed by atoms with Gasteiger partial charge in [-0.1, -0.05) is 48.5 Å². The van der Waals surface area contributed by atoms with Crippen molar-refractivity contribution in [2.24, 2.45) is 5.92 Å². The zero-order valence-corrected chi connectivity index (χ0v) is 25.4. The average Bonchev–Trinajstić information content (AvgIpc) is 2.95. The molecule has 7 atom stereocenters. The topological polar surface area (TPSA) is 151 Å². The van der Waals surface area contributed by atoms with Gasteiger partial charge in [0.1, 0.15) is 24.4 Å². The second-order valence-electron chi connectivity index (χ2n) is 10.5. The number of ether oxygens (including phenoxy) is 4. The second-order valence-corrected chi connectivity index (χ2v) is 10.5. The molecule has 2 unspecified atom stereocenters. The summed E-state index contributed by atoms with van der Waals surface area (Å²) in [6, 6.07) is 0. The predicted octanol–water partition coefficient (Wildman–Crippen LogP) is 2.87. The molecule has 1 aliphatic rings. The number of aliphatic hydroxyl groups excluding tert-OH is 4. The molecule has 1 fully saturated rings. The minimum atomic E-state index is -1.50. The van der Waals surface area contributed by atoms with E-state index >= 15 is 0 Å². The molecule has 1 saturated heterocycles. The summed E-state index contributed by atoms with van der Waals surface area (Å²) in [5, 5.41) is 40.1. The summed E-state index contributed by atoms with van der Waals surface area (Å²) in [7, 11) is 2.92. The van der Waals surface area contributed by atoms with E-state index in [4.69, 9.17) is 18.9 Å². The average molecular weight is 578 g/mol. The van der Waals surface area contributed by atoms with Crippen molar-refractivity contribution >= 4 is 0 Å². The fraction of sp³-hybridized carbons (Fsp3) is 0.581. The molecule has 2 rings (SSSR count). The third kappa shape index (κ3) is 8.88. The first-order chi connectivity index (χ1) is 19.4. The Kier molecular flexibility index (Phi) is 13.5. The Morgan fingerprint density at radius 2 is 1.78 bits per heavy atom. The summed E-state index contributed by atoms with van der Waals surface area (Å²) in [5.74, 6) is 0.352. The fourth-order valence-electron chi connectivity index (χ4n) is 4.71. The molecule has 0 saturated carbocycles. The third-order valence-corrected chi connectivity index (χ3v) is 7.39. The zero-order chi connectivity index (χ0) is 30.9. The Morgan fingerprint density at radius 3 is 2.37 bits per heavy atom. The molecule has 1 aromatic rings. The molecule has 1 aliphatic heterocycles. The van der Waals surface area contributed by atoms with E-state index in [2.05, 4.69) is 23.2 Å². The van der Waals surface area contributed by atoms with Gasteiger partial charge < -0.3 is 44.4 Å². The third-order valence-electron chi connectivity index (χ3n) is 7.39. The molecular formula is C31H47NO9. The molecule has 0 bridgehead atoms. The number of aromatic nitrogens is 1. The maximum absolute atomic E-state index is 12.5. The van der Waals surface area contributed by atoms with Crippen molar-refractivity contribution in [3.8, 4) is 11.6 Å². The van der Waals surface area contributed by atoms with Crippen LogP contribution in [-0.2, 0) is 15.9 Å². The van der Waals surface area contributed by atoms with Gasteiger partial charge in [-0.05, 0) is 46.6 Å². The molecule has 5 N–H and O–H groups in total. The Hall–Kier alpha value is -2.73. The number of aliphatic hydroxyl groups is 4. The first kappa shape index (κ1) is 34.5. The zero-order valence-electron chi connectivity index (χ0n) is 25.4. The molecule has 1 aromatic heterocycles. The van der Waals surface area contributed by atoms with Crippen molar-refractivity contribution in [2.75, 3.05) is 20.8 Å². The smallest absolute Gasteiger partial charge is 0.238 e. The lowest BCUT2D eigenvalue weighted by Crippen LogP contribution is -2.60. The van der Waals surface area contributed by atoms with Gasteiger partial charge in [0.15, 0.2) is 6.29 Å². The van der Waals surface area contributed by atoms with E-state index in [1.54, 1.807) is 6.92 Å². The molecule has 0 aliphatic carbocycles. The van der Waals surface area contributed by atoms with Crippen molar-refractivity contribution in [1.82, 2.24) is 4.98 Å². The highest BCUT2D eigenvalue weighted by Crippen LogP contribution is 2.28. The Balaban J connectivity index is 2.08. The summed E-state index contributed by atoms with van der Waals surface area (Å²) in [5.41, 5.74) is 4.21. The molecule has 10 nitrogen and oxygen atoms in total. The molecular weight excluding hydrogens is 530 g/mol. The predicted molar refractivity (Wildman–Crippen MR) is 157 cm³/mol. The van der Waals surface area contributed by atoms with Crippen LogP contribution in [-0.4, -0.2) is 83.0 Å². The van der Waals surface area contributed by atoms with E-state index < -0.39 is 43.4 Å². The quantitative estimate of drug-likeness (QED) is 0.176. The number of allylic oxidation sites excluding steroid dienone is 6. The van der Waals surface area contributed by atoms with E-state index in [1.807, 2.05) is 46.8 Å². The SMILES string of the molecule is C/C=C(\C)C(O[C@H]1O[C@@H](CO)[C@H](O)[C@@H](O)[C@@H]1O)C(C)/C=C(C)/C=C/C/C(C)=C/Cc1[nH]c(OC)c(OC)c(=O)c1C. The maximum atomic E-state index is 12.5. The molecule has 0 spiro atoms. The number of hydrogen-bond acceptors (Lipinski definition) is 9. The van der Waals surface area contributed by atoms with E-state index in [9.17, 15) is 25.2 Å². The standard InChI is InChI=1S/C31H47NO9/c1-9-19(4)28(41-31-27(37)26(36)25(35)23(16-33)40-31)20(5)15-18(3)12-10-11-17(2)13-14-22-21(6)24(34)29(38-7)30(32-22)39-8/h9-10,12-13,15,20,23,25-28,31,33,35-37H,11,14,16H2,1-8H3,(H,32,34)/b12-10+,17-13+,18-15+,19-9+/t20?,23-,25-,26+,27-,28?,31+/m0/s1. The van der Waals surface area contributed by atoms with Crippen molar-refractivity contribution in [1.29, 1.82) is 0 Å². The first-order valence-electron chi connectivity index (χ1n) is 13.8. The van der Waals surface area contributed by atoms with Crippen LogP contribution in [0.1, 0.15) is 52.3 Å². The van der Waals surface area contributed by atoms with Crippen molar-refractivity contribution in [3.63, 3.8) is 0 Å². The Labute approximate surface area is 242 Å². The second kappa shape index (κ2) is 16.1. The summed E-state index contributed by atoms with van der Waals surface area (Å²) >= 11 is 0. The van der Waals surface area contributed by atoms with Gasteiger partial charge in [0.25, 0.3) is 0 Å². The highest BCUT2D eigenvalue weighted by molar-refractivity contribution is 5.40. The summed E-state index contributed by atoms with van der Waals surface area (Å²) in [6.45, 7) is 11.0. The molecule has 10 heteroatoms. The van der Waals surface area contributed by atoms with Crippen molar-refractivity contribution in [3.05, 3.63) is 68.6 Å². The van der Waals surface area contributed by atoms with Crippen molar-refractivity contribution in [2.45, 2.75) is 91.2 Å². The molecule has 41 heavy (non-hydrogen) atoms. The van der Waals surface area contributed by atoms with E-state index in [1.165, 1.54) is 14.2 Å². The fourth-order valence-corrected chi connectivity index (χ4v) is 4.71. The van der Waals surface area contributed by atoms with Crippen LogP contribution in [0.5, 0.6) is 11.6 Å². The summed E-state index contributed by atoms with van der Waals surface area (Å²) in [4.78, 5) is 15.7. The number of H-pyrrole nitrogens is 1. The molecule has 0 amide bonds. The number of pyridine rings is 1. The van der Waals surface area contributed by atoms with Crippen LogP contribution in [0, 0.1) is 12.8 Å². The van der Waals surface area contributed by atoms with Crippen molar-refractivity contribution < 1.29 is 39.4 Å². The highest BCUT2D eigenvalue weighted by Gasteiger charge is 2.45. The van der Waals surface area contributed by atoms with Gasteiger partial charge in [0.05, 0.1) is 26.9 Å². The van der Waals surface area contributed by atoms with Crippen LogP contribution in [0.2, 0.25) is 0 Å². The highest BCUT2D eigenvalue weighted by atomic mass is 16.7. The van der Waals surface area contributed by atoms with Gasteiger partial charge >= 0.3 is 0 Å². The molecule has 2 heterocycles. The van der Waals surface area contributed by atoms with Gasteiger partial charge in [-0.3, -0.25) is 4.79 Å². The minimum Gasteiger partial charge on any atom is -0.488 e. The van der Waals surface area contributed by atoms with E-state index in [0.29, 0.717) is 17.9 Å². The van der Waals surface area contributed by atoms with Crippen LogP contribution in [0.15, 0.2) is 51.9 Å². The van der Waals surface area contributed by atoms with Crippen LogP contribution in [0.4, 0.5) is 0 Å². The van der Waals surface area contributed by atoms with E-state index in [-0.39, 0.29) is 17.1 Å². The Morgan fingerprint density at radius 1 is 1.10 bits per heavy atom. The number of aromatic amines is 1. The van der Waals surface area contributed by atoms with Gasteiger partial charge in [0.2, 0.25) is 17.1 Å². The lowest BCUT2D eigenvalue weighted by Gasteiger charge is -2.41. The largest absolute Gasteiger partial charge is 0.488 e. The lowest BCUT2D eigenvalue weighted by atomic mass is 9.94. The van der Waals surface area contributed by atoms with Gasteiger partial charge in [-0.15, -0.1) is 0 Å². The lowest BCUT2D eigenvalue weighted by molar-refractivity contribution is -0.310.